The van der Waals surface area contributed by atoms with Crippen molar-refractivity contribution in [2.75, 3.05) is 0 Å². The fraction of sp³-hybridized carbons (Fsp3) is 0.824. The van der Waals surface area contributed by atoms with Gasteiger partial charge in [0, 0.05) is 6.04 Å². The van der Waals surface area contributed by atoms with Crippen LogP contribution in [0.25, 0.3) is 0 Å². The molecule has 5 atom stereocenters. The topological polar surface area (TPSA) is 107 Å². The molecule has 7 heteroatoms. The van der Waals surface area contributed by atoms with Crippen molar-refractivity contribution in [1.29, 1.82) is 0 Å². The summed E-state index contributed by atoms with van der Waals surface area (Å²) in [6.07, 6.45) is 3.74. The number of nitrogens with one attached hydrogen (secondary N) is 1. The molecular weight excluding hydrogens is 312 g/mol. The minimum Gasteiger partial charge on any atom is -0.480 e. The van der Waals surface area contributed by atoms with Gasteiger partial charge >= 0.3 is 11.9 Å². The molecule has 0 aromatic carbocycles. The predicted octanol–water partition coefficient (Wildman–Crippen LogP) is 1.32. The van der Waals surface area contributed by atoms with Crippen LogP contribution in [0.5, 0.6) is 0 Å². The molecule has 1 saturated carbocycles. The largest absolute Gasteiger partial charge is 0.480 e. The molecule has 1 amide bonds. The SMILES string of the molecule is CC(C)C[C@H](N[C@@H](C)C(=O)N1[C@H](C(=O)O)C[C@@H]2CCC[C@@H]21)C(=O)O. The van der Waals surface area contributed by atoms with E-state index in [1.165, 1.54) is 4.90 Å². The monoisotopic (exact) mass is 340 g/mol. The van der Waals surface area contributed by atoms with Gasteiger partial charge in [-0.3, -0.25) is 14.9 Å². The molecule has 0 spiro atoms. The Kier molecular flexibility index (Phi) is 5.85. The summed E-state index contributed by atoms with van der Waals surface area (Å²) in [5, 5.41) is 21.7. The maximum atomic E-state index is 12.9. The van der Waals surface area contributed by atoms with Gasteiger partial charge in [-0.2, -0.15) is 0 Å². The zero-order valence-electron chi connectivity index (χ0n) is 14.6. The van der Waals surface area contributed by atoms with E-state index in [2.05, 4.69) is 5.32 Å². The number of hydrogen-bond donors (Lipinski definition) is 3. The number of carboxylic acids is 2. The molecule has 2 rings (SSSR count). The number of fused-ring (bicyclic) bond motifs is 1. The van der Waals surface area contributed by atoms with Crippen molar-refractivity contribution in [3.05, 3.63) is 0 Å². The summed E-state index contributed by atoms with van der Waals surface area (Å²) in [7, 11) is 0. The quantitative estimate of drug-likeness (QED) is 0.645. The van der Waals surface area contributed by atoms with E-state index in [-0.39, 0.29) is 23.8 Å². The van der Waals surface area contributed by atoms with E-state index in [0.29, 0.717) is 12.8 Å². The lowest BCUT2D eigenvalue weighted by molar-refractivity contribution is -0.151. The van der Waals surface area contributed by atoms with Gasteiger partial charge in [-0.25, -0.2) is 4.79 Å². The molecule has 0 aromatic rings. The Morgan fingerprint density at radius 2 is 1.83 bits per heavy atom. The van der Waals surface area contributed by atoms with Gasteiger partial charge in [0.1, 0.15) is 12.1 Å². The lowest BCUT2D eigenvalue weighted by atomic mass is 10.0. The van der Waals surface area contributed by atoms with E-state index in [1.807, 2.05) is 13.8 Å². The number of carbonyl (C=O) groups is 3. The van der Waals surface area contributed by atoms with Gasteiger partial charge in [0.05, 0.1) is 6.04 Å². The van der Waals surface area contributed by atoms with E-state index >= 15 is 0 Å². The first-order valence-electron chi connectivity index (χ1n) is 8.76. The number of carbonyl (C=O) groups excluding carboxylic acids is 1. The summed E-state index contributed by atoms with van der Waals surface area (Å²) < 4.78 is 0. The molecule has 0 unspecified atom stereocenters. The van der Waals surface area contributed by atoms with E-state index in [1.54, 1.807) is 6.92 Å². The van der Waals surface area contributed by atoms with Gasteiger partial charge in [-0.15, -0.1) is 0 Å². The molecule has 0 radical (unpaired) electrons. The summed E-state index contributed by atoms with van der Waals surface area (Å²) in [6.45, 7) is 5.47. The smallest absolute Gasteiger partial charge is 0.326 e. The number of hydrogen-bond acceptors (Lipinski definition) is 4. The van der Waals surface area contributed by atoms with Crippen LogP contribution in [-0.4, -0.2) is 57.1 Å². The first-order valence-corrected chi connectivity index (χ1v) is 8.76. The zero-order valence-corrected chi connectivity index (χ0v) is 14.6. The number of aliphatic carboxylic acids is 2. The van der Waals surface area contributed by atoms with Crippen LogP contribution < -0.4 is 5.32 Å². The van der Waals surface area contributed by atoms with E-state index < -0.39 is 30.1 Å². The van der Waals surface area contributed by atoms with Crippen LogP contribution in [0.15, 0.2) is 0 Å². The van der Waals surface area contributed by atoms with Gasteiger partial charge in [-0.05, 0) is 44.4 Å². The summed E-state index contributed by atoms with van der Waals surface area (Å²) in [4.78, 5) is 37.3. The molecule has 136 valence electrons. The normalized spacial score (nSPS) is 28.7. The summed E-state index contributed by atoms with van der Waals surface area (Å²) >= 11 is 0. The van der Waals surface area contributed by atoms with Crippen molar-refractivity contribution in [2.24, 2.45) is 11.8 Å². The molecular formula is C17H28N2O5. The highest BCUT2D eigenvalue weighted by atomic mass is 16.4. The standard InChI is InChI=1S/C17H28N2O5/c1-9(2)7-12(16(21)22)18-10(3)15(20)19-13-6-4-5-11(13)8-14(19)17(23)24/h9-14,18H,4-8H2,1-3H3,(H,21,22)(H,23,24)/t10-,11-,12-,13-,14-/m0/s1. The summed E-state index contributed by atoms with van der Waals surface area (Å²) in [5.41, 5.74) is 0. The van der Waals surface area contributed by atoms with Crippen molar-refractivity contribution in [3.8, 4) is 0 Å². The van der Waals surface area contributed by atoms with Crippen LogP contribution in [-0.2, 0) is 14.4 Å². The number of amides is 1. The van der Waals surface area contributed by atoms with Crippen molar-refractivity contribution in [3.63, 3.8) is 0 Å². The predicted molar refractivity (Wildman–Crippen MR) is 87.5 cm³/mol. The van der Waals surface area contributed by atoms with Crippen LogP contribution in [0, 0.1) is 11.8 Å². The Bertz CT molecular complexity index is 507. The van der Waals surface area contributed by atoms with Gasteiger partial charge in [0.15, 0.2) is 0 Å². The minimum atomic E-state index is -0.988. The molecule has 2 aliphatic rings. The van der Waals surface area contributed by atoms with Crippen molar-refractivity contribution >= 4 is 17.8 Å². The van der Waals surface area contributed by atoms with Crippen LogP contribution in [0.2, 0.25) is 0 Å². The highest BCUT2D eigenvalue weighted by molar-refractivity contribution is 5.88. The Morgan fingerprint density at radius 3 is 2.38 bits per heavy atom. The third-order valence-corrected chi connectivity index (χ3v) is 5.20. The highest BCUT2D eigenvalue weighted by Gasteiger charge is 2.49. The number of rotatable bonds is 7. The minimum absolute atomic E-state index is 0.0174. The molecule has 1 aliphatic carbocycles. The first-order chi connectivity index (χ1) is 11.2. The first kappa shape index (κ1) is 18.7. The van der Waals surface area contributed by atoms with Crippen LogP contribution >= 0.6 is 0 Å². The van der Waals surface area contributed by atoms with Crippen LogP contribution in [0.4, 0.5) is 0 Å². The van der Waals surface area contributed by atoms with Crippen molar-refractivity contribution in [2.45, 2.75) is 77.0 Å². The third-order valence-electron chi connectivity index (χ3n) is 5.20. The third kappa shape index (κ3) is 3.88. The van der Waals surface area contributed by atoms with E-state index in [9.17, 15) is 24.6 Å². The maximum absolute atomic E-state index is 12.9. The second-order valence-corrected chi connectivity index (χ2v) is 7.50. The molecule has 1 aliphatic heterocycles. The average Bonchev–Trinajstić information content (AvgIpc) is 3.05. The van der Waals surface area contributed by atoms with E-state index in [0.717, 1.165) is 19.3 Å². The maximum Gasteiger partial charge on any atom is 0.326 e. The Balaban J connectivity index is 2.10. The number of likely N-dealkylation sites (tertiary alicyclic amines) is 1. The molecule has 0 bridgehead atoms. The fourth-order valence-corrected chi connectivity index (χ4v) is 4.13. The second kappa shape index (κ2) is 7.51. The Labute approximate surface area is 142 Å². The lowest BCUT2D eigenvalue weighted by Crippen LogP contribution is -2.55. The average molecular weight is 340 g/mol. The van der Waals surface area contributed by atoms with E-state index in [4.69, 9.17) is 0 Å². The Morgan fingerprint density at radius 1 is 1.17 bits per heavy atom. The second-order valence-electron chi connectivity index (χ2n) is 7.50. The molecule has 24 heavy (non-hydrogen) atoms. The fourth-order valence-electron chi connectivity index (χ4n) is 4.13. The number of nitrogens with zero attached hydrogens (tertiary/aromatic N) is 1. The summed E-state index contributed by atoms with van der Waals surface area (Å²) in [5.74, 6) is -1.82. The van der Waals surface area contributed by atoms with Gasteiger partial charge < -0.3 is 15.1 Å². The molecule has 7 nitrogen and oxygen atoms in total. The molecule has 1 saturated heterocycles. The molecule has 2 fully saturated rings. The molecule has 1 heterocycles. The zero-order chi connectivity index (χ0) is 18.0. The molecule has 3 N–H and O–H groups in total. The van der Waals surface area contributed by atoms with Crippen LogP contribution in [0.3, 0.4) is 0 Å². The Hall–Kier alpha value is -1.63. The lowest BCUT2D eigenvalue weighted by Gasteiger charge is -2.31. The van der Waals surface area contributed by atoms with Gasteiger partial charge in [0.2, 0.25) is 5.91 Å². The van der Waals surface area contributed by atoms with Crippen molar-refractivity contribution < 1.29 is 24.6 Å². The van der Waals surface area contributed by atoms with Crippen LogP contribution in [0.1, 0.15) is 52.9 Å². The van der Waals surface area contributed by atoms with Gasteiger partial charge in [-0.1, -0.05) is 20.3 Å². The highest BCUT2D eigenvalue weighted by Crippen LogP contribution is 2.41. The van der Waals surface area contributed by atoms with Gasteiger partial charge in [0.25, 0.3) is 0 Å². The van der Waals surface area contributed by atoms with Crippen molar-refractivity contribution in [1.82, 2.24) is 10.2 Å². The summed E-state index contributed by atoms with van der Waals surface area (Å²) in [6, 6.07) is -2.33. The molecule has 0 aromatic heterocycles. The number of carboxylic acid groups (broad SMARTS) is 2.